The second-order valence-corrected chi connectivity index (χ2v) is 6.32. The van der Waals surface area contributed by atoms with Gasteiger partial charge in [0, 0.05) is 30.8 Å². The van der Waals surface area contributed by atoms with Crippen molar-refractivity contribution in [1.82, 2.24) is 4.90 Å². The number of nitro benzene ring substituents is 2. The van der Waals surface area contributed by atoms with Gasteiger partial charge in [0.2, 0.25) is 0 Å². The van der Waals surface area contributed by atoms with Crippen LogP contribution in [0.1, 0.15) is 22.3 Å². The fourth-order valence-corrected chi connectivity index (χ4v) is 2.98. The molecule has 1 amide bonds. The molecule has 1 aliphatic heterocycles. The van der Waals surface area contributed by atoms with Gasteiger partial charge in [0.25, 0.3) is 17.3 Å². The maximum atomic E-state index is 13.6. The third kappa shape index (κ3) is 4.29. The first-order valence-electron chi connectivity index (χ1n) is 8.43. The first kappa shape index (κ1) is 19.4. The number of ether oxygens (including phenoxy) is 1. The second kappa shape index (κ2) is 8.09. The minimum atomic E-state index is -0.784. The quantitative estimate of drug-likeness (QED) is 0.554. The molecule has 1 aliphatic rings. The topological polar surface area (TPSA) is 116 Å². The third-order valence-corrected chi connectivity index (χ3v) is 4.44. The van der Waals surface area contributed by atoms with Gasteiger partial charge in [-0.05, 0) is 12.5 Å². The van der Waals surface area contributed by atoms with E-state index in [0.29, 0.717) is 18.5 Å². The lowest BCUT2D eigenvalue weighted by Gasteiger charge is -2.17. The van der Waals surface area contributed by atoms with E-state index in [0.717, 1.165) is 18.2 Å². The summed E-state index contributed by atoms with van der Waals surface area (Å²) in [6, 6.07) is 9.05. The van der Waals surface area contributed by atoms with E-state index in [1.807, 2.05) is 0 Å². The molecule has 2 aromatic rings. The van der Waals surface area contributed by atoms with E-state index in [4.69, 9.17) is 4.74 Å². The Labute approximate surface area is 158 Å². The largest absolute Gasteiger partial charge is 0.372 e. The SMILES string of the molecule is O=C(c1cc([N+](=O)[O-])cc([N+](=O)[O-])c1)N1CCC(OCc2ccccc2F)C1. The molecule has 0 spiro atoms. The van der Waals surface area contributed by atoms with Gasteiger partial charge in [-0.1, -0.05) is 18.2 Å². The Morgan fingerprint density at radius 2 is 1.79 bits per heavy atom. The number of hydrogen-bond acceptors (Lipinski definition) is 6. The first-order chi connectivity index (χ1) is 13.3. The highest BCUT2D eigenvalue weighted by Crippen LogP contribution is 2.25. The minimum Gasteiger partial charge on any atom is -0.372 e. The van der Waals surface area contributed by atoms with Gasteiger partial charge < -0.3 is 9.64 Å². The molecule has 0 bridgehead atoms. The molecule has 0 aromatic heterocycles. The molecule has 1 saturated heterocycles. The summed E-state index contributed by atoms with van der Waals surface area (Å²) in [6.07, 6.45) is 0.189. The van der Waals surface area contributed by atoms with Crippen LogP contribution in [0, 0.1) is 26.0 Å². The van der Waals surface area contributed by atoms with Crippen molar-refractivity contribution in [1.29, 1.82) is 0 Å². The smallest absolute Gasteiger partial charge is 0.277 e. The van der Waals surface area contributed by atoms with E-state index in [9.17, 15) is 29.4 Å². The number of carbonyl (C=O) groups is 1. The predicted octanol–water partition coefficient (Wildman–Crippen LogP) is 3.07. The van der Waals surface area contributed by atoms with Gasteiger partial charge >= 0.3 is 0 Å². The number of nitro groups is 2. The Morgan fingerprint density at radius 1 is 1.14 bits per heavy atom. The molecule has 0 N–H and O–H groups in total. The number of carbonyl (C=O) groups excluding carboxylic acids is 1. The summed E-state index contributed by atoms with van der Waals surface area (Å²) >= 11 is 0. The lowest BCUT2D eigenvalue weighted by Crippen LogP contribution is -2.30. The maximum Gasteiger partial charge on any atom is 0.277 e. The number of non-ortho nitro benzene ring substituents is 2. The minimum absolute atomic E-state index is 0.0572. The van der Waals surface area contributed by atoms with Crippen molar-refractivity contribution in [2.75, 3.05) is 13.1 Å². The van der Waals surface area contributed by atoms with Crippen LogP contribution in [-0.2, 0) is 11.3 Å². The summed E-state index contributed by atoms with van der Waals surface area (Å²) in [5.41, 5.74) is -0.773. The van der Waals surface area contributed by atoms with Crippen molar-refractivity contribution in [2.45, 2.75) is 19.1 Å². The van der Waals surface area contributed by atoms with Crippen LogP contribution in [0.3, 0.4) is 0 Å². The van der Waals surface area contributed by atoms with Gasteiger partial charge in [-0.3, -0.25) is 25.0 Å². The molecule has 28 heavy (non-hydrogen) atoms. The number of nitrogens with zero attached hydrogens (tertiary/aromatic N) is 3. The van der Waals surface area contributed by atoms with E-state index >= 15 is 0 Å². The Kier molecular flexibility index (Phi) is 5.59. The van der Waals surface area contributed by atoms with Crippen molar-refractivity contribution in [2.24, 2.45) is 0 Å². The standard InChI is InChI=1S/C18H16FN3O6/c19-17-4-2-1-3-12(17)11-28-16-5-6-20(10-16)18(23)13-7-14(21(24)25)9-15(8-13)22(26)27/h1-4,7-9,16H,5-6,10-11H2. The zero-order valence-electron chi connectivity index (χ0n) is 14.6. The van der Waals surface area contributed by atoms with Crippen molar-refractivity contribution >= 4 is 17.3 Å². The van der Waals surface area contributed by atoms with Gasteiger partial charge in [0.15, 0.2) is 0 Å². The van der Waals surface area contributed by atoms with Crippen LogP contribution < -0.4 is 0 Å². The van der Waals surface area contributed by atoms with Crippen molar-refractivity contribution in [3.05, 3.63) is 79.6 Å². The van der Waals surface area contributed by atoms with Crippen LogP contribution in [-0.4, -0.2) is 39.8 Å². The predicted molar refractivity (Wildman–Crippen MR) is 95.2 cm³/mol. The molecule has 10 heteroatoms. The maximum absolute atomic E-state index is 13.6. The zero-order chi connectivity index (χ0) is 20.3. The van der Waals surface area contributed by atoms with Crippen LogP contribution in [0.25, 0.3) is 0 Å². The average molecular weight is 389 g/mol. The van der Waals surface area contributed by atoms with Gasteiger partial charge in [-0.2, -0.15) is 0 Å². The summed E-state index contributed by atoms with van der Waals surface area (Å²) in [5, 5.41) is 22.0. The van der Waals surface area contributed by atoms with Crippen LogP contribution in [0.4, 0.5) is 15.8 Å². The summed E-state index contributed by atoms with van der Waals surface area (Å²) in [5.74, 6) is -0.930. The molecule has 1 fully saturated rings. The van der Waals surface area contributed by atoms with Crippen molar-refractivity contribution in [3.8, 4) is 0 Å². The summed E-state index contributed by atoms with van der Waals surface area (Å²) in [6.45, 7) is 0.600. The molecule has 9 nitrogen and oxygen atoms in total. The number of amides is 1. The lowest BCUT2D eigenvalue weighted by atomic mass is 10.1. The van der Waals surface area contributed by atoms with E-state index in [2.05, 4.69) is 0 Å². The molecule has 1 heterocycles. The van der Waals surface area contributed by atoms with Crippen LogP contribution >= 0.6 is 0 Å². The Hall–Kier alpha value is -3.40. The molecule has 146 valence electrons. The van der Waals surface area contributed by atoms with Crippen molar-refractivity contribution < 1.29 is 23.8 Å². The molecule has 0 saturated carbocycles. The van der Waals surface area contributed by atoms with Gasteiger partial charge in [-0.15, -0.1) is 0 Å². The fourth-order valence-electron chi connectivity index (χ4n) is 2.98. The fraction of sp³-hybridized carbons (Fsp3) is 0.278. The summed E-state index contributed by atoms with van der Waals surface area (Å²) in [4.78, 5) is 34.4. The normalized spacial score (nSPS) is 16.2. The number of likely N-dealkylation sites (tertiary alicyclic amines) is 1. The number of benzene rings is 2. The molecule has 0 aliphatic carbocycles. The highest BCUT2D eigenvalue weighted by atomic mass is 19.1. The average Bonchev–Trinajstić information content (AvgIpc) is 3.15. The Bertz CT molecular complexity index is 903. The molecular formula is C18H16FN3O6. The number of hydrogen-bond donors (Lipinski definition) is 0. The lowest BCUT2D eigenvalue weighted by molar-refractivity contribution is -0.394. The highest BCUT2D eigenvalue weighted by Gasteiger charge is 2.30. The summed E-state index contributed by atoms with van der Waals surface area (Å²) < 4.78 is 19.3. The summed E-state index contributed by atoms with van der Waals surface area (Å²) in [7, 11) is 0. The van der Waals surface area contributed by atoms with E-state index in [1.165, 1.54) is 11.0 Å². The molecule has 1 unspecified atom stereocenters. The molecule has 1 atom stereocenters. The van der Waals surface area contributed by atoms with E-state index < -0.39 is 27.1 Å². The zero-order valence-corrected chi connectivity index (χ0v) is 14.6. The van der Waals surface area contributed by atoms with Gasteiger partial charge in [0.05, 0.1) is 34.2 Å². The second-order valence-electron chi connectivity index (χ2n) is 6.32. The molecule has 2 aromatic carbocycles. The van der Waals surface area contributed by atoms with Crippen molar-refractivity contribution in [3.63, 3.8) is 0 Å². The first-order valence-corrected chi connectivity index (χ1v) is 8.43. The molecular weight excluding hydrogens is 373 g/mol. The monoisotopic (exact) mass is 389 g/mol. The van der Waals surface area contributed by atoms with Crippen LogP contribution in [0.2, 0.25) is 0 Å². The Balaban J connectivity index is 1.68. The van der Waals surface area contributed by atoms with Crippen LogP contribution in [0.15, 0.2) is 42.5 Å². The number of halogens is 1. The van der Waals surface area contributed by atoms with Crippen LogP contribution in [0.5, 0.6) is 0 Å². The highest BCUT2D eigenvalue weighted by molar-refractivity contribution is 5.95. The number of rotatable bonds is 6. The molecule has 0 radical (unpaired) electrons. The third-order valence-electron chi connectivity index (χ3n) is 4.44. The molecule has 3 rings (SSSR count). The van der Waals surface area contributed by atoms with Gasteiger partial charge in [-0.25, -0.2) is 4.39 Å². The van der Waals surface area contributed by atoms with E-state index in [1.54, 1.807) is 18.2 Å². The van der Waals surface area contributed by atoms with Gasteiger partial charge in [0.1, 0.15) is 5.82 Å². The van der Waals surface area contributed by atoms with E-state index in [-0.39, 0.29) is 30.6 Å². The Morgan fingerprint density at radius 3 is 2.39 bits per heavy atom.